The molecule has 1 aromatic heterocycles. The van der Waals surface area contributed by atoms with E-state index in [-0.39, 0.29) is 11.4 Å². The topological polar surface area (TPSA) is 88.0 Å². The summed E-state index contributed by atoms with van der Waals surface area (Å²) in [6.45, 7) is 3.93. The molecule has 0 radical (unpaired) electrons. The lowest BCUT2D eigenvalue weighted by Crippen LogP contribution is -2.12. The van der Waals surface area contributed by atoms with E-state index in [0.717, 1.165) is 11.1 Å². The molecule has 0 bridgehead atoms. The predicted octanol–water partition coefficient (Wildman–Crippen LogP) is 2.79. The molecule has 6 nitrogen and oxygen atoms in total. The van der Waals surface area contributed by atoms with Crippen molar-refractivity contribution in [3.8, 4) is 0 Å². The molecule has 0 saturated heterocycles. The number of carbonyl (C=O) groups excluding carboxylic acids is 1. The van der Waals surface area contributed by atoms with Crippen LogP contribution in [0.25, 0.3) is 0 Å². The average molecular weight is 259 g/mol. The molecular formula is C13H13N3O3. The third-order valence-electron chi connectivity index (χ3n) is 2.89. The number of nitrogens with one attached hydrogen (secondary N) is 2. The van der Waals surface area contributed by atoms with Gasteiger partial charge in [0, 0.05) is 11.8 Å². The summed E-state index contributed by atoms with van der Waals surface area (Å²) in [6.07, 6.45) is 1.19. The number of hydrogen-bond acceptors (Lipinski definition) is 3. The first-order valence-corrected chi connectivity index (χ1v) is 5.69. The normalized spacial score (nSPS) is 10.2. The number of nitrogens with zero attached hydrogens (tertiary/aromatic N) is 1. The van der Waals surface area contributed by atoms with Gasteiger partial charge in [0.25, 0.3) is 11.6 Å². The number of aryl methyl sites for hydroxylation is 2. The van der Waals surface area contributed by atoms with Crippen LogP contribution in [0, 0.1) is 24.0 Å². The number of carbonyl (C=O) groups is 1. The summed E-state index contributed by atoms with van der Waals surface area (Å²) < 4.78 is 0. The Balaban J connectivity index is 2.15. The minimum Gasteiger partial charge on any atom is -0.351 e. The number of hydrogen-bond donors (Lipinski definition) is 2. The first kappa shape index (κ1) is 12.8. The van der Waals surface area contributed by atoms with Crippen LogP contribution in [0.3, 0.4) is 0 Å². The highest BCUT2D eigenvalue weighted by Crippen LogP contribution is 2.17. The number of aromatic amines is 1. The minimum absolute atomic E-state index is 0.134. The van der Waals surface area contributed by atoms with Gasteiger partial charge in [-0.05, 0) is 37.1 Å². The fourth-order valence-electron chi connectivity index (χ4n) is 1.64. The van der Waals surface area contributed by atoms with Crippen molar-refractivity contribution in [3.63, 3.8) is 0 Å². The monoisotopic (exact) mass is 259 g/mol. The molecule has 1 aromatic carbocycles. The molecule has 2 N–H and O–H groups in total. The zero-order chi connectivity index (χ0) is 14.0. The van der Waals surface area contributed by atoms with Gasteiger partial charge in [0.2, 0.25) is 0 Å². The molecule has 19 heavy (non-hydrogen) atoms. The molecule has 0 fully saturated rings. The van der Waals surface area contributed by atoms with Gasteiger partial charge in [-0.25, -0.2) is 0 Å². The zero-order valence-electron chi connectivity index (χ0n) is 10.6. The van der Waals surface area contributed by atoms with Crippen molar-refractivity contribution < 1.29 is 9.72 Å². The summed E-state index contributed by atoms with van der Waals surface area (Å²) in [5, 5.41) is 13.2. The van der Waals surface area contributed by atoms with E-state index in [1.807, 2.05) is 26.0 Å². The second kappa shape index (κ2) is 4.93. The molecule has 0 aliphatic heterocycles. The van der Waals surface area contributed by atoms with Gasteiger partial charge < -0.3 is 10.3 Å². The van der Waals surface area contributed by atoms with Gasteiger partial charge >= 0.3 is 0 Å². The smallest absolute Gasteiger partial charge is 0.287 e. The van der Waals surface area contributed by atoms with E-state index in [2.05, 4.69) is 10.3 Å². The van der Waals surface area contributed by atoms with E-state index >= 15 is 0 Å². The van der Waals surface area contributed by atoms with E-state index in [4.69, 9.17) is 0 Å². The summed E-state index contributed by atoms with van der Waals surface area (Å²) >= 11 is 0. The second-order valence-electron chi connectivity index (χ2n) is 4.28. The van der Waals surface area contributed by atoms with E-state index in [9.17, 15) is 14.9 Å². The molecule has 2 rings (SSSR count). The molecule has 0 spiro atoms. The Bertz CT molecular complexity index is 646. The van der Waals surface area contributed by atoms with Crippen molar-refractivity contribution in [1.29, 1.82) is 0 Å². The fraction of sp³-hybridized carbons (Fsp3) is 0.154. The van der Waals surface area contributed by atoms with E-state index in [1.54, 1.807) is 6.07 Å². The molecule has 0 unspecified atom stereocenters. The Labute approximate surface area is 109 Å². The Morgan fingerprint density at radius 3 is 2.58 bits per heavy atom. The van der Waals surface area contributed by atoms with Gasteiger partial charge in [0.1, 0.15) is 5.69 Å². The van der Waals surface area contributed by atoms with Gasteiger partial charge in [-0.15, -0.1) is 0 Å². The molecule has 0 aliphatic rings. The van der Waals surface area contributed by atoms with Gasteiger partial charge in [0.05, 0.1) is 11.1 Å². The van der Waals surface area contributed by atoms with Crippen molar-refractivity contribution in [1.82, 2.24) is 4.98 Å². The maximum Gasteiger partial charge on any atom is 0.287 e. The summed E-state index contributed by atoms with van der Waals surface area (Å²) in [5.74, 6) is -0.406. The SMILES string of the molecule is Cc1ccc(NC(=O)c2cc([N+](=O)[O-])c[nH]2)cc1C. The third kappa shape index (κ3) is 2.79. The van der Waals surface area contributed by atoms with Crippen molar-refractivity contribution in [2.75, 3.05) is 5.32 Å². The Kier molecular flexibility index (Phi) is 3.33. The number of anilines is 1. The molecule has 6 heteroatoms. The quantitative estimate of drug-likeness (QED) is 0.656. The zero-order valence-corrected chi connectivity index (χ0v) is 10.6. The van der Waals surface area contributed by atoms with Gasteiger partial charge in [-0.2, -0.15) is 0 Å². The number of amides is 1. The molecule has 98 valence electrons. The first-order valence-electron chi connectivity index (χ1n) is 5.69. The van der Waals surface area contributed by atoms with Crippen LogP contribution in [0.15, 0.2) is 30.5 Å². The Morgan fingerprint density at radius 1 is 1.26 bits per heavy atom. The number of nitro groups is 1. The summed E-state index contributed by atoms with van der Waals surface area (Å²) in [5.41, 5.74) is 2.88. The summed E-state index contributed by atoms with van der Waals surface area (Å²) in [4.78, 5) is 24.4. The van der Waals surface area contributed by atoms with Crippen LogP contribution in [0.5, 0.6) is 0 Å². The second-order valence-corrected chi connectivity index (χ2v) is 4.28. The molecule has 0 saturated carbocycles. The van der Waals surface area contributed by atoms with Gasteiger partial charge in [-0.1, -0.05) is 6.07 Å². The van der Waals surface area contributed by atoms with Crippen LogP contribution in [0.2, 0.25) is 0 Å². The summed E-state index contributed by atoms with van der Waals surface area (Å²) in [7, 11) is 0. The van der Waals surface area contributed by atoms with E-state index in [1.165, 1.54) is 12.3 Å². The molecule has 1 amide bonds. The van der Waals surface area contributed by atoms with Crippen molar-refractivity contribution in [2.45, 2.75) is 13.8 Å². The van der Waals surface area contributed by atoms with Crippen LogP contribution >= 0.6 is 0 Å². The van der Waals surface area contributed by atoms with Crippen molar-refractivity contribution in [2.24, 2.45) is 0 Å². The number of rotatable bonds is 3. The minimum atomic E-state index is -0.552. The molecule has 1 heterocycles. The third-order valence-corrected chi connectivity index (χ3v) is 2.89. The van der Waals surface area contributed by atoms with Gasteiger partial charge in [0.15, 0.2) is 0 Å². The lowest BCUT2D eigenvalue weighted by atomic mass is 10.1. The van der Waals surface area contributed by atoms with Crippen LogP contribution in [0.1, 0.15) is 21.6 Å². The van der Waals surface area contributed by atoms with Gasteiger partial charge in [-0.3, -0.25) is 14.9 Å². The number of benzene rings is 1. The van der Waals surface area contributed by atoms with Crippen LogP contribution in [-0.4, -0.2) is 15.8 Å². The standard InChI is InChI=1S/C13H13N3O3/c1-8-3-4-10(5-9(8)2)15-13(17)12-6-11(7-14-12)16(18)19/h3-7,14H,1-2H3,(H,15,17). The van der Waals surface area contributed by atoms with E-state index in [0.29, 0.717) is 5.69 Å². The molecular weight excluding hydrogens is 246 g/mol. The average Bonchev–Trinajstić information content (AvgIpc) is 2.83. The highest BCUT2D eigenvalue weighted by Gasteiger charge is 2.14. The highest BCUT2D eigenvalue weighted by atomic mass is 16.6. The largest absolute Gasteiger partial charge is 0.351 e. The fourth-order valence-corrected chi connectivity index (χ4v) is 1.64. The van der Waals surface area contributed by atoms with Crippen LogP contribution < -0.4 is 5.32 Å². The maximum absolute atomic E-state index is 11.9. The first-order chi connectivity index (χ1) is 8.97. The Hall–Kier alpha value is -2.63. The van der Waals surface area contributed by atoms with Crippen molar-refractivity contribution in [3.05, 3.63) is 57.4 Å². The van der Waals surface area contributed by atoms with E-state index < -0.39 is 10.8 Å². The predicted molar refractivity (Wildman–Crippen MR) is 71.3 cm³/mol. The number of H-pyrrole nitrogens is 1. The molecule has 0 aliphatic carbocycles. The lowest BCUT2D eigenvalue weighted by Gasteiger charge is -2.06. The van der Waals surface area contributed by atoms with Crippen LogP contribution in [-0.2, 0) is 0 Å². The highest BCUT2D eigenvalue weighted by molar-refractivity contribution is 6.03. The van der Waals surface area contributed by atoms with Crippen molar-refractivity contribution >= 4 is 17.3 Å². The lowest BCUT2D eigenvalue weighted by molar-refractivity contribution is -0.384. The molecule has 2 aromatic rings. The van der Waals surface area contributed by atoms with Crippen LogP contribution in [0.4, 0.5) is 11.4 Å². The molecule has 0 atom stereocenters. The maximum atomic E-state index is 11.9. The summed E-state index contributed by atoms with van der Waals surface area (Å²) in [6, 6.07) is 6.75. The Morgan fingerprint density at radius 2 is 2.00 bits per heavy atom. The number of aromatic nitrogens is 1.